The number of carbonyl (C=O) groups is 1. The van der Waals surface area contributed by atoms with Gasteiger partial charge < -0.3 is 4.57 Å². The van der Waals surface area contributed by atoms with E-state index < -0.39 is 26.0 Å². The van der Waals surface area contributed by atoms with E-state index in [0.29, 0.717) is 13.0 Å². The van der Waals surface area contributed by atoms with Gasteiger partial charge in [-0.1, -0.05) is 0 Å². The topological polar surface area (TPSA) is 118 Å². The Balaban J connectivity index is 1.64. The molecule has 0 unspecified atom stereocenters. The van der Waals surface area contributed by atoms with Gasteiger partial charge in [0.1, 0.15) is 0 Å². The van der Waals surface area contributed by atoms with Crippen LogP contribution >= 0.6 is 0 Å². The third kappa shape index (κ3) is 3.94. The summed E-state index contributed by atoms with van der Waals surface area (Å²) in [6, 6.07) is 5.21. The summed E-state index contributed by atoms with van der Waals surface area (Å²) in [5.41, 5.74) is 0.145. The van der Waals surface area contributed by atoms with Crippen LogP contribution in [0.5, 0.6) is 0 Å². The number of nitrogens with one attached hydrogen (secondary N) is 1. The third-order valence-corrected chi connectivity index (χ3v) is 7.07. The molecule has 0 bridgehead atoms. The number of rotatable bonds is 7. The number of nitrogens with zero attached hydrogens (tertiary/aromatic N) is 3. The maximum Gasteiger partial charge on any atom is 0.242 e. The number of amides is 1. The van der Waals surface area contributed by atoms with Crippen molar-refractivity contribution in [1.82, 2.24) is 14.3 Å². The molecule has 2 heterocycles. The Morgan fingerprint density at radius 1 is 1.19 bits per heavy atom. The van der Waals surface area contributed by atoms with Gasteiger partial charge in [-0.15, -0.1) is 0 Å². The fraction of sp³-hybridized carbons (Fsp3) is 0.333. The monoisotopic (exact) mass is 398 g/mol. The third-order valence-electron chi connectivity index (χ3n) is 3.90. The van der Waals surface area contributed by atoms with E-state index in [4.69, 9.17) is 0 Å². The van der Waals surface area contributed by atoms with E-state index in [1.165, 1.54) is 24.3 Å². The second-order valence-electron chi connectivity index (χ2n) is 5.77. The summed E-state index contributed by atoms with van der Waals surface area (Å²) in [4.78, 5) is 15.7. The average molecular weight is 398 g/mol. The Kier molecular flexibility index (Phi) is 5.12. The van der Waals surface area contributed by atoms with Gasteiger partial charge in [0.25, 0.3) is 0 Å². The molecule has 1 fully saturated rings. The van der Waals surface area contributed by atoms with E-state index in [9.17, 15) is 21.6 Å². The van der Waals surface area contributed by atoms with E-state index in [1.807, 2.05) is 4.57 Å². The fourth-order valence-corrected chi connectivity index (χ4v) is 5.13. The lowest BCUT2D eigenvalue weighted by molar-refractivity contribution is -0.116. The molecule has 1 aliphatic heterocycles. The van der Waals surface area contributed by atoms with E-state index in [0.717, 1.165) is 4.31 Å². The molecule has 11 heteroatoms. The van der Waals surface area contributed by atoms with Gasteiger partial charge in [-0.25, -0.2) is 30.8 Å². The van der Waals surface area contributed by atoms with E-state index in [1.54, 1.807) is 18.7 Å². The van der Waals surface area contributed by atoms with Crippen LogP contribution in [0.15, 0.2) is 47.9 Å². The fourth-order valence-electron chi connectivity index (χ4n) is 2.60. The Hall–Kier alpha value is -2.24. The van der Waals surface area contributed by atoms with Crippen molar-refractivity contribution in [2.45, 2.75) is 24.3 Å². The van der Waals surface area contributed by atoms with Crippen molar-refractivity contribution in [3.63, 3.8) is 0 Å². The number of imidazole rings is 1. The molecule has 1 aromatic carbocycles. The van der Waals surface area contributed by atoms with Gasteiger partial charge >= 0.3 is 0 Å². The van der Waals surface area contributed by atoms with Gasteiger partial charge in [0, 0.05) is 31.9 Å². The predicted octanol–water partition coefficient (Wildman–Crippen LogP) is 0.318. The quantitative estimate of drug-likeness (QED) is 0.671. The molecule has 9 nitrogen and oxygen atoms in total. The van der Waals surface area contributed by atoms with Crippen molar-refractivity contribution in [2.75, 3.05) is 16.6 Å². The van der Waals surface area contributed by atoms with Crippen LogP contribution in [0.2, 0.25) is 0 Å². The van der Waals surface area contributed by atoms with Crippen molar-refractivity contribution in [1.29, 1.82) is 0 Å². The molecular weight excluding hydrogens is 380 g/mol. The predicted molar refractivity (Wildman–Crippen MR) is 94.4 cm³/mol. The van der Waals surface area contributed by atoms with Gasteiger partial charge in [0.15, 0.2) is 0 Å². The second kappa shape index (κ2) is 7.17. The molecule has 0 spiro atoms. The number of hydrogen-bond donors (Lipinski definition) is 1. The summed E-state index contributed by atoms with van der Waals surface area (Å²) in [6.07, 6.45) is 5.62. The minimum Gasteiger partial charge on any atom is -0.337 e. The van der Waals surface area contributed by atoms with E-state index in [2.05, 4.69) is 9.71 Å². The first-order valence-corrected chi connectivity index (χ1v) is 11.0. The van der Waals surface area contributed by atoms with Crippen LogP contribution in [0.3, 0.4) is 0 Å². The Labute approximate surface area is 151 Å². The molecule has 0 saturated carbocycles. The molecular formula is C15H18N4O5S2. The zero-order valence-corrected chi connectivity index (χ0v) is 15.4. The molecule has 0 aliphatic carbocycles. The molecule has 1 saturated heterocycles. The van der Waals surface area contributed by atoms with Crippen LogP contribution in [0.4, 0.5) is 5.69 Å². The first-order chi connectivity index (χ1) is 12.3. The molecule has 140 valence electrons. The average Bonchev–Trinajstić information content (AvgIpc) is 3.20. The maximum atomic E-state index is 12.3. The van der Waals surface area contributed by atoms with E-state index in [-0.39, 0.29) is 29.3 Å². The summed E-state index contributed by atoms with van der Waals surface area (Å²) in [6.45, 7) is 0.887. The largest absolute Gasteiger partial charge is 0.337 e. The number of aromatic nitrogens is 2. The SMILES string of the molecule is O=C1CCS(=O)(=O)N1c1ccc(S(=O)(=O)NCCCn2ccnc2)cc1. The summed E-state index contributed by atoms with van der Waals surface area (Å²) in [5.74, 6) is -0.747. The van der Waals surface area contributed by atoms with Crippen molar-refractivity contribution in [3.05, 3.63) is 43.0 Å². The Morgan fingerprint density at radius 3 is 2.50 bits per heavy atom. The standard InChI is InChI=1S/C15H18N4O5S2/c20-15-6-11-25(21,22)19(15)13-2-4-14(5-3-13)26(23,24)17-7-1-9-18-10-8-16-12-18/h2-5,8,10,12,17H,1,6-7,9,11H2. The lowest BCUT2D eigenvalue weighted by Gasteiger charge is -2.15. The highest BCUT2D eigenvalue weighted by Gasteiger charge is 2.36. The van der Waals surface area contributed by atoms with E-state index >= 15 is 0 Å². The number of carbonyl (C=O) groups excluding carboxylic acids is 1. The lowest BCUT2D eigenvalue weighted by atomic mass is 10.3. The van der Waals surface area contributed by atoms with Gasteiger partial charge in [-0.05, 0) is 30.7 Å². The molecule has 3 rings (SSSR count). The number of anilines is 1. The molecule has 1 aromatic heterocycles. The normalized spacial score (nSPS) is 16.9. The molecule has 26 heavy (non-hydrogen) atoms. The minimum atomic E-state index is -3.71. The van der Waals surface area contributed by atoms with Gasteiger partial charge in [0.05, 0.1) is 22.7 Å². The number of benzene rings is 1. The number of aryl methyl sites for hydroxylation is 1. The highest BCUT2D eigenvalue weighted by molar-refractivity contribution is 7.94. The zero-order valence-electron chi connectivity index (χ0n) is 13.8. The maximum absolute atomic E-state index is 12.3. The van der Waals surface area contributed by atoms with Crippen molar-refractivity contribution < 1.29 is 21.6 Å². The van der Waals surface area contributed by atoms with Gasteiger partial charge in [-0.2, -0.15) is 0 Å². The molecule has 1 amide bonds. The van der Waals surface area contributed by atoms with Crippen LogP contribution in [-0.2, 0) is 31.4 Å². The summed E-state index contributed by atoms with van der Waals surface area (Å²) in [5, 5.41) is 0. The highest BCUT2D eigenvalue weighted by atomic mass is 32.2. The molecule has 0 radical (unpaired) electrons. The smallest absolute Gasteiger partial charge is 0.242 e. The van der Waals surface area contributed by atoms with Gasteiger partial charge in [0.2, 0.25) is 26.0 Å². The first kappa shape index (κ1) is 18.5. The summed E-state index contributed by atoms with van der Waals surface area (Å²) in [7, 11) is -7.38. The van der Waals surface area contributed by atoms with Crippen LogP contribution in [0.1, 0.15) is 12.8 Å². The Morgan fingerprint density at radius 2 is 1.92 bits per heavy atom. The lowest BCUT2D eigenvalue weighted by Crippen LogP contribution is -2.29. The Bertz CT molecular complexity index is 983. The number of hydrogen-bond acceptors (Lipinski definition) is 6. The molecule has 0 atom stereocenters. The highest BCUT2D eigenvalue weighted by Crippen LogP contribution is 2.26. The van der Waals surface area contributed by atoms with Crippen molar-refractivity contribution in [3.8, 4) is 0 Å². The van der Waals surface area contributed by atoms with Crippen molar-refractivity contribution in [2.24, 2.45) is 0 Å². The molecule has 1 N–H and O–H groups in total. The molecule has 2 aromatic rings. The van der Waals surface area contributed by atoms with Crippen LogP contribution in [-0.4, -0.2) is 44.6 Å². The summed E-state index contributed by atoms with van der Waals surface area (Å²) < 4.78 is 53.4. The number of sulfonamides is 2. The summed E-state index contributed by atoms with van der Waals surface area (Å²) >= 11 is 0. The molecule has 1 aliphatic rings. The van der Waals surface area contributed by atoms with Crippen molar-refractivity contribution >= 4 is 31.6 Å². The second-order valence-corrected chi connectivity index (χ2v) is 9.47. The zero-order chi connectivity index (χ0) is 18.8. The first-order valence-electron chi connectivity index (χ1n) is 7.91. The minimum absolute atomic E-state index is 0.00734. The van der Waals surface area contributed by atoms with Gasteiger partial charge in [-0.3, -0.25) is 4.79 Å². The van der Waals surface area contributed by atoms with Crippen LogP contribution < -0.4 is 9.03 Å². The van der Waals surface area contributed by atoms with Crippen LogP contribution in [0.25, 0.3) is 0 Å². The van der Waals surface area contributed by atoms with Crippen LogP contribution in [0, 0.1) is 0 Å².